The molecule has 4 aliphatic rings. The zero-order chi connectivity index (χ0) is 22.4. The van der Waals surface area contributed by atoms with Gasteiger partial charge < -0.3 is 14.7 Å². The van der Waals surface area contributed by atoms with Crippen LogP contribution in [0.15, 0.2) is 47.6 Å². The lowest BCUT2D eigenvalue weighted by Gasteiger charge is -2.53. The molecule has 9 heteroatoms. The largest absolute Gasteiger partial charge is 0.493 e. The van der Waals surface area contributed by atoms with Crippen LogP contribution < -0.4 is 5.46 Å². The van der Waals surface area contributed by atoms with Crippen LogP contribution in [0.2, 0.25) is 0 Å². The van der Waals surface area contributed by atoms with Crippen molar-refractivity contribution in [3.8, 4) is 0 Å². The zero-order valence-electron chi connectivity index (χ0n) is 18.3. The Morgan fingerprint density at radius 3 is 2.76 bits per heavy atom. The first-order valence-corrected chi connectivity index (χ1v) is 13.2. The van der Waals surface area contributed by atoms with Gasteiger partial charge in [0.05, 0.1) is 10.5 Å². The van der Waals surface area contributed by atoms with Crippen LogP contribution in [0.1, 0.15) is 43.2 Å². The van der Waals surface area contributed by atoms with E-state index in [1.54, 1.807) is 22.6 Å². The molecular weight excluding hydrogens is 437 g/mol. The first-order valence-electron chi connectivity index (χ1n) is 11.8. The Morgan fingerprint density at radius 2 is 2.00 bits per heavy atom. The number of aromatic amines is 1. The first-order chi connectivity index (χ1) is 15.9. The van der Waals surface area contributed by atoms with Crippen LogP contribution in [0.3, 0.4) is 0 Å². The highest BCUT2D eigenvalue weighted by Crippen LogP contribution is 2.62. The van der Waals surface area contributed by atoms with Crippen molar-refractivity contribution in [2.45, 2.75) is 49.0 Å². The van der Waals surface area contributed by atoms with Gasteiger partial charge in [-0.2, -0.15) is 4.31 Å². The first kappa shape index (κ1) is 20.2. The zero-order valence-corrected chi connectivity index (χ0v) is 19.1. The van der Waals surface area contributed by atoms with E-state index in [4.69, 9.17) is 4.65 Å². The second kappa shape index (κ2) is 6.69. The van der Waals surface area contributed by atoms with Gasteiger partial charge in [-0.3, -0.25) is 0 Å². The van der Waals surface area contributed by atoms with Gasteiger partial charge in [0.1, 0.15) is 5.65 Å². The molecule has 1 aromatic carbocycles. The fourth-order valence-electron chi connectivity index (χ4n) is 6.46. The maximum atomic E-state index is 13.4. The van der Waals surface area contributed by atoms with E-state index in [0.29, 0.717) is 30.8 Å². The van der Waals surface area contributed by atoms with E-state index in [0.717, 1.165) is 40.8 Å². The van der Waals surface area contributed by atoms with Crippen molar-refractivity contribution in [1.29, 1.82) is 0 Å². The van der Waals surface area contributed by atoms with Gasteiger partial charge >= 0.3 is 7.12 Å². The number of pyridine rings is 1. The number of sulfonamides is 1. The number of benzene rings is 1. The Morgan fingerprint density at radius 1 is 1.21 bits per heavy atom. The molecule has 3 fully saturated rings. The lowest BCUT2D eigenvalue weighted by Crippen LogP contribution is -2.52. The molecule has 2 N–H and O–H groups in total. The summed E-state index contributed by atoms with van der Waals surface area (Å²) in [5.74, 6) is 0.779. The van der Waals surface area contributed by atoms with Gasteiger partial charge in [-0.1, -0.05) is 12.1 Å². The van der Waals surface area contributed by atoms with Gasteiger partial charge in [0.15, 0.2) is 0 Å². The number of fused-ring (bicyclic) bond motifs is 4. The van der Waals surface area contributed by atoms with Crippen LogP contribution in [0.4, 0.5) is 0 Å². The number of nitrogens with zero attached hydrogens (tertiary/aromatic N) is 2. The summed E-state index contributed by atoms with van der Waals surface area (Å²) in [4.78, 5) is 7.91. The van der Waals surface area contributed by atoms with Crippen LogP contribution in [0.25, 0.3) is 11.0 Å². The molecule has 7 rings (SSSR count). The van der Waals surface area contributed by atoms with Crippen molar-refractivity contribution in [3.05, 3.63) is 53.9 Å². The molecule has 2 aliphatic heterocycles. The number of nitrogens with one attached hydrogen (secondary N) is 1. The van der Waals surface area contributed by atoms with Crippen molar-refractivity contribution in [1.82, 2.24) is 14.3 Å². The molecule has 2 aliphatic carbocycles. The maximum absolute atomic E-state index is 13.4. The Hall–Kier alpha value is -2.20. The van der Waals surface area contributed by atoms with Crippen molar-refractivity contribution >= 4 is 33.6 Å². The van der Waals surface area contributed by atoms with E-state index in [2.05, 4.69) is 9.97 Å². The Bertz CT molecular complexity index is 1360. The molecule has 2 saturated carbocycles. The summed E-state index contributed by atoms with van der Waals surface area (Å²) in [6.07, 6.45) is 9.39. The molecule has 0 bridgehead atoms. The van der Waals surface area contributed by atoms with Crippen molar-refractivity contribution < 1.29 is 18.1 Å². The van der Waals surface area contributed by atoms with Crippen LogP contribution in [0, 0.1) is 11.3 Å². The average molecular weight is 463 g/mol. The highest BCUT2D eigenvalue weighted by Gasteiger charge is 2.64. The van der Waals surface area contributed by atoms with E-state index >= 15 is 0 Å². The molecule has 170 valence electrons. The van der Waals surface area contributed by atoms with Gasteiger partial charge in [-0.05, 0) is 79.2 Å². The molecule has 7 nitrogen and oxygen atoms in total. The van der Waals surface area contributed by atoms with Gasteiger partial charge in [0, 0.05) is 36.3 Å². The van der Waals surface area contributed by atoms with Crippen LogP contribution in [-0.2, 0) is 26.7 Å². The van der Waals surface area contributed by atoms with Gasteiger partial charge in [0.2, 0.25) is 10.0 Å². The van der Waals surface area contributed by atoms with Crippen molar-refractivity contribution in [2.75, 3.05) is 13.1 Å². The van der Waals surface area contributed by atoms with Crippen molar-refractivity contribution in [3.63, 3.8) is 0 Å². The van der Waals surface area contributed by atoms with Crippen LogP contribution in [0.5, 0.6) is 0 Å². The SMILES string of the molecule is O=S(=O)(c1ccc(CC2CC2)cc1)N1CCC2(C1)CC1(C2)OB(O)c2cnc3[nH]ccc3c21. The van der Waals surface area contributed by atoms with E-state index < -0.39 is 22.7 Å². The summed E-state index contributed by atoms with van der Waals surface area (Å²) in [5, 5.41) is 11.5. The molecule has 2 aromatic heterocycles. The topological polar surface area (TPSA) is 95.5 Å². The number of hydrogen-bond donors (Lipinski definition) is 2. The third-order valence-electron chi connectivity index (χ3n) is 8.18. The normalized spacial score (nSPS) is 29.3. The maximum Gasteiger partial charge on any atom is 0.493 e. The van der Waals surface area contributed by atoms with E-state index in [1.165, 1.54) is 18.4 Å². The molecule has 0 unspecified atom stereocenters. The third-order valence-corrected chi connectivity index (χ3v) is 10.0. The Kier molecular flexibility index (Phi) is 4.09. The Balaban J connectivity index is 1.12. The van der Waals surface area contributed by atoms with E-state index in [1.807, 2.05) is 24.4 Å². The molecule has 0 radical (unpaired) electrons. The lowest BCUT2D eigenvalue weighted by atomic mass is 9.56. The summed E-state index contributed by atoms with van der Waals surface area (Å²) in [7, 11) is -4.51. The molecule has 3 aromatic rings. The molecule has 2 spiro atoms. The van der Waals surface area contributed by atoms with Crippen molar-refractivity contribution in [2.24, 2.45) is 11.3 Å². The third kappa shape index (κ3) is 2.99. The minimum absolute atomic E-state index is 0.119. The number of H-pyrrole nitrogens is 1. The van der Waals surface area contributed by atoms with E-state index in [-0.39, 0.29) is 5.41 Å². The lowest BCUT2D eigenvalue weighted by molar-refractivity contribution is -0.108. The quantitative estimate of drug-likeness (QED) is 0.579. The second-order valence-electron chi connectivity index (χ2n) is 10.5. The monoisotopic (exact) mass is 463 g/mol. The summed E-state index contributed by atoms with van der Waals surface area (Å²) in [5.41, 5.74) is 3.06. The summed E-state index contributed by atoms with van der Waals surface area (Å²) in [6.45, 7) is 1.02. The molecule has 0 amide bonds. The predicted octanol–water partition coefficient (Wildman–Crippen LogP) is 2.30. The van der Waals surface area contributed by atoms with Gasteiger partial charge in [-0.15, -0.1) is 0 Å². The average Bonchev–Trinajstić information content (AvgIpc) is 3.19. The number of rotatable bonds is 4. The smallest absolute Gasteiger partial charge is 0.423 e. The second-order valence-corrected chi connectivity index (χ2v) is 12.5. The minimum atomic E-state index is -3.52. The molecule has 4 heterocycles. The fourth-order valence-corrected chi connectivity index (χ4v) is 8.02. The summed E-state index contributed by atoms with van der Waals surface area (Å²) in [6, 6.07) is 9.45. The molecule has 33 heavy (non-hydrogen) atoms. The van der Waals surface area contributed by atoms with E-state index in [9.17, 15) is 13.4 Å². The minimum Gasteiger partial charge on any atom is -0.423 e. The molecular formula is C24H26BN3O4S. The molecule has 0 atom stereocenters. The highest BCUT2D eigenvalue weighted by atomic mass is 32.2. The van der Waals surface area contributed by atoms with Gasteiger partial charge in [-0.25, -0.2) is 13.4 Å². The fraction of sp³-hybridized carbons (Fsp3) is 0.458. The highest BCUT2D eigenvalue weighted by molar-refractivity contribution is 7.89. The number of aromatic nitrogens is 2. The van der Waals surface area contributed by atoms with Gasteiger partial charge in [0.25, 0.3) is 0 Å². The van der Waals surface area contributed by atoms with Crippen LogP contribution >= 0.6 is 0 Å². The van der Waals surface area contributed by atoms with Crippen LogP contribution in [-0.4, -0.2) is 47.9 Å². The summed E-state index contributed by atoms with van der Waals surface area (Å²) >= 11 is 0. The molecule has 1 saturated heterocycles. The number of hydrogen-bond acceptors (Lipinski definition) is 5. The standard InChI is InChI=1S/C24H26BN3O4S/c29-25-20-12-27-22-19(7-9-26-22)21(20)24(32-25)13-23(14-24)8-10-28(15-23)33(30,31)18-5-3-17(4-6-18)11-16-1-2-16/h3-7,9,12,16,29H,1-2,8,10-11,13-15H2,(H,26,27). The predicted molar refractivity (Wildman–Crippen MR) is 124 cm³/mol. The summed E-state index contributed by atoms with van der Waals surface area (Å²) < 4.78 is 34.5. The Labute approximate surface area is 193 Å².